The van der Waals surface area contributed by atoms with Gasteiger partial charge in [0.1, 0.15) is 6.10 Å². The minimum atomic E-state index is -0.273. The first-order valence-corrected chi connectivity index (χ1v) is 9.10. The molecule has 0 bridgehead atoms. The maximum atomic E-state index is 12.8. The fourth-order valence-corrected chi connectivity index (χ4v) is 6.09. The largest absolute Gasteiger partial charge is 0.472 e. The molecule has 1 aromatic heterocycles. The molecule has 3 heterocycles. The molecule has 132 valence electrons. The minimum Gasteiger partial charge on any atom is -0.472 e. The Bertz CT molecular complexity index is 750. The van der Waals surface area contributed by atoms with Gasteiger partial charge in [-0.25, -0.2) is 0 Å². The zero-order chi connectivity index (χ0) is 17.2. The van der Waals surface area contributed by atoms with Gasteiger partial charge in [-0.1, -0.05) is 19.1 Å². The van der Waals surface area contributed by atoms with E-state index in [-0.39, 0.29) is 46.6 Å². The maximum Gasteiger partial charge on any atom is 0.313 e. The number of hydrogen-bond acceptors (Lipinski definition) is 5. The van der Waals surface area contributed by atoms with Gasteiger partial charge in [-0.05, 0) is 43.1 Å². The molecule has 2 saturated heterocycles. The highest BCUT2D eigenvalue weighted by Crippen LogP contribution is 2.66. The summed E-state index contributed by atoms with van der Waals surface area (Å²) in [5.41, 5.74) is 0.552. The average molecular weight is 342 g/mol. The van der Waals surface area contributed by atoms with Gasteiger partial charge in [0.05, 0.1) is 31.0 Å². The van der Waals surface area contributed by atoms with Crippen molar-refractivity contribution in [3.05, 3.63) is 36.3 Å². The van der Waals surface area contributed by atoms with Gasteiger partial charge < -0.3 is 13.9 Å². The van der Waals surface area contributed by atoms with Gasteiger partial charge in [-0.3, -0.25) is 9.59 Å². The second-order valence-corrected chi connectivity index (χ2v) is 8.32. The van der Waals surface area contributed by atoms with Crippen LogP contribution >= 0.6 is 0 Å². The van der Waals surface area contributed by atoms with Gasteiger partial charge >= 0.3 is 11.9 Å². The highest BCUT2D eigenvalue weighted by atomic mass is 16.5. The molecule has 4 aliphatic rings. The van der Waals surface area contributed by atoms with Gasteiger partial charge in [0.25, 0.3) is 0 Å². The quantitative estimate of drug-likeness (QED) is 0.578. The molecule has 5 rings (SSSR count). The number of rotatable bonds is 1. The van der Waals surface area contributed by atoms with E-state index in [0.717, 1.165) is 31.2 Å². The van der Waals surface area contributed by atoms with E-state index in [1.54, 1.807) is 12.5 Å². The summed E-state index contributed by atoms with van der Waals surface area (Å²) in [7, 11) is 0. The SMILES string of the molecule is CC12CC(c3ccoc3)OC(=O)C1CCC13COC(=O)C1C=CCC23. The normalized spacial score (nSPS) is 45.2. The van der Waals surface area contributed by atoms with Crippen LogP contribution in [0.5, 0.6) is 0 Å². The van der Waals surface area contributed by atoms with Crippen molar-refractivity contribution in [3.8, 4) is 0 Å². The number of fused-ring (bicyclic) bond motifs is 2. The van der Waals surface area contributed by atoms with Gasteiger partial charge in [0.15, 0.2) is 0 Å². The zero-order valence-electron chi connectivity index (χ0n) is 14.3. The summed E-state index contributed by atoms with van der Waals surface area (Å²) >= 11 is 0. The molecule has 6 unspecified atom stereocenters. The molecule has 1 saturated carbocycles. The molecule has 2 aliphatic carbocycles. The third-order valence-corrected chi connectivity index (χ3v) is 7.32. The van der Waals surface area contributed by atoms with Crippen LogP contribution in [0.2, 0.25) is 0 Å². The Morgan fingerprint density at radius 1 is 1.24 bits per heavy atom. The van der Waals surface area contributed by atoms with Crippen molar-refractivity contribution in [3.63, 3.8) is 0 Å². The molecule has 0 radical (unpaired) electrons. The van der Waals surface area contributed by atoms with Crippen LogP contribution in [0.15, 0.2) is 35.2 Å². The topological polar surface area (TPSA) is 65.7 Å². The molecular weight excluding hydrogens is 320 g/mol. The summed E-state index contributed by atoms with van der Waals surface area (Å²) < 4.78 is 16.4. The van der Waals surface area contributed by atoms with Crippen LogP contribution in [0.1, 0.15) is 44.3 Å². The highest BCUT2D eigenvalue weighted by molar-refractivity contribution is 5.79. The lowest BCUT2D eigenvalue weighted by atomic mass is 9.45. The van der Waals surface area contributed by atoms with Crippen molar-refractivity contribution >= 4 is 11.9 Å². The van der Waals surface area contributed by atoms with Crippen LogP contribution in [0, 0.1) is 28.6 Å². The lowest BCUT2D eigenvalue weighted by molar-refractivity contribution is -0.195. The highest BCUT2D eigenvalue weighted by Gasteiger charge is 2.66. The molecule has 25 heavy (non-hydrogen) atoms. The Morgan fingerprint density at radius 3 is 2.92 bits per heavy atom. The van der Waals surface area contributed by atoms with E-state index in [1.165, 1.54) is 0 Å². The maximum absolute atomic E-state index is 12.8. The Balaban J connectivity index is 1.56. The van der Waals surface area contributed by atoms with Crippen LogP contribution in [0.3, 0.4) is 0 Å². The Hall–Kier alpha value is -2.04. The summed E-state index contributed by atoms with van der Waals surface area (Å²) in [6.45, 7) is 2.70. The summed E-state index contributed by atoms with van der Waals surface area (Å²) in [5.74, 6) is -0.218. The van der Waals surface area contributed by atoms with E-state index < -0.39 is 0 Å². The smallest absolute Gasteiger partial charge is 0.313 e. The van der Waals surface area contributed by atoms with Crippen LogP contribution in [-0.4, -0.2) is 18.5 Å². The number of carbonyl (C=O) groups is 2. The monoisotopic (exact) mass is 342 g/mol. The molecule has 0 N–H and O–H groups in total. The number of allylic oxidation sites excluding steroid dienone is 1. The van der Waals surface area contributed by atoms with Crippen molar-refractivity contribution in [2.24, 2.45) is 28.6 Å². The molecular formula is C20H22O5. The second-order valence-electron chi connectivity index (χ2n) is 8.32. The van der Waals surface area contributed by atoms with Gasteiger partial charge in [0.2, 0.25) is 0 Å². The second kappa shape index (κ2) is 4.99. The number of carbonyl (C=O) groups excluding carboxylic acids is 2. The molecule has 0 aromatic carbocycles. The van der Waals surface area contributed by atoms with Gasteiger partial charge in [-0.15, -0.1) is 0 Å². The molecule has 1 spiro atoms. The average Bonchev–Trinajstić information content (AvgIpc) is 3.23. The fraction of sp³-hybridized carbons (Fsp3) is 0.600. The third-order valence-electron chi connectivity index (χ3n) is 7.32. The van der Waals surface area contributed by atoms with Gasteiger partial charge in [0, 0.05) is 11.0 Å². The number of furan rings is 1. The number of cyclic esters (lactones) is 2. The minimum absolute atomic E-state index is 0.103. The molecule has 3 fully saturated rings. The van der Waals surface area contributed by atoms with Crippen molar-refractivity contribution in [1.82, 2.24) is 0 Å². The number of hydrogen-bond donors (Lipinski definition) is 0. The summed E-state index contributed by atoms with van der Waals surface area (Å²) in [4.78, 5) is 25.1. The van der Waals surface area contributed by atoms with Crippen LogP contribution in [-0.2, 0) is 19.1 Å². The molecule has 6 atom stereocenters. The Labute approximate surface area is 146 Å². The lowest BCUT2D eigenvalue weighted by Crippen LogP contribution is -2.58. The van der Waals surface area contributed by atoms with E-state index in [4.69, 9.17) is 13.9 Å². The van der Waals surface area contributed by atoms with E-state index in [0.29, 0.717) is 6.61 Å². The predicted molar refractivity (Wildman–Crippen MR) is 87.1 cm³/mol. The van der Waals surface area contributed by atoms with Crippen LogP contribution in [0.25, 0.3) is 0 Å². The molecule has 1 aromatic rings. The van der Waals surface area contributed by atoms with Crippen molar-refractivity contribution < 1.29 is 23.5 Å². The number of esters is 2. The molecule has 0 amide bonds. The van der Waals surface area contributed by atoms with Crippen LogP contribution in [0.4, 0.5) is 0 Å². The van der Waals surface area contributed by atoms with Crippen molar-refractivity contribution in [1.29, 1.82) is 0 Å². The molecule has 5 heteroatoms. The fourth-order valence-electron chi connectivity index (χ4n) is 6.09. The number of ether oxygens (including phenoxy) is 2. The summed E-state index contributed by atoms with van der Waals surface area (Å²) in [6, 6.07) is 1.87. The third kappa shape index (κ3) is 1.89. The first kappa shape index (κ1) is 15.2. The first-order valence-electron chi connectivity index (χ1n) is 9.10. The summed E-state index contributed by atoms with van der Waals surface area (Å²) in [6.07, 6.45) is 10.4. The molecule has 5 nitrogen and oxygen atoms in total. The van der Waals surface area contributed by atoms with E-state index >= 15 is 0 Å². The summed E-state index contributed by atoms with van der Waals surface area (Å²) in [5, 5.41) is 0. The molecule has 2 aliphatic heterocycles. The predicted octanol–water partition coefficient (Wildman–Crippen LogP) is 3.42. The zero-order valence-corrected chi connectivity index (χ0v) is 14.3. The van der Waals surface area contributed by atoms with E-state index in [2.05, 4.69) is 13.0 Å². The van der Waals surface area contributed by atoms with E-state index in [9.17, 15) is 9.59 Å². The van der Waals surface area contributed by atoms with Crippen molar-refractivity contribution in [2.75, 3.05) is 6.61 Å². The van der Waals surface area contributed by atoms with Crippen molar-refractivity contribution in [2.45, 2.75) is 38.7 Å². The lowest BCUT2D eigenvalue weighted by Gasteiger charge is -2.59. The van der Waals surface area contributed by atoms with Crippen LogP contribution < -0.4 is 0 Å². The Kier molecular flexibility index (Phi) is 3.04. The Morgan fingerprint density at radius 2 is 2.12 bits per heavy atom. The first-order chi connectivity index (χ1) is 12.0. The standard InChI is InChI=1S/C20H22O5/c1-19-9-15(12-6-8-23-10-12)25-18(22)13(19)5-7-20-11-24-17(21)14(20)3-2-4-16(19)20/h2-3,6,8,10,13-16H,4-5,7,9,11H2,1H3. The van der Waals surface area contributed by atoms with Gasteiger partial charge in [-0.2, -0.15) is 0 Å². The van der Waals surface area contributed by atoms with E-state index in [1.807, 2.05) is 12.1 Å².